The minimum atomic E-state index is 0.439. The van der Waals surface area contributed by atoms with Crippen LogP contribution in [0.3, 0.4) is 0 Å². The summed E-state index contributed by atoms with van der Waals surface area (Å²) in [4.78, 5) is 0. The van der Waals surface area contributed by atoms with Gasteiger partial charge in [0.15, 0.2) is 0 Å². The van der Waals surface area contributed by atoms with Crippen LogP contribution in [0.15, 0.2) is 34.9 Å². The number of anilines is 1. The van der Waals surface area contributed by atoms with Crippen molar-refractivity contribution >= 4 is 21.6 Å². The molecule has 0 fully saturated rings. The molecule has 2 rings (SSSR count). The van der Waals surface area contributed by atoms with Crippen LogP contribution in [0.5, 0.6) is 0 Å². The third kappa shape index (κ3) is 4.08. The molecule has 1 heterocycles. The van der Waals surface area contributed by atoms with Crippen LogP contribution >= 0.6 is 15.9 Å². The Bertz CT molecular complexity index is 583. The summed E-state index contributed by atoms with van der Waals surface area (Å²) in [5, 5.41) is 8.04. The van der Waals surface area contributed by atoms with Crippen LogP contribution in [0.1, 0.15) is 37.6 Å². The van der Waals surface area contributed by atoms with Gasteiger partial charge >= 0.3 is 0 Å². The maximum Gasteiger partial charge on any atom is 0.0815 e. The van der Waals surface area contributed by atoms with Crippen LogP contribution in [-0.4, -0.2) is 16.9 Å². The highest BCUT2D eigenvalue weighted by molar-refractivity contribution is 9.10. The molecular weight excluding hydrogens is 330 g/mol. The van der Waals surface area contributed by atoms with Gasteiger partial charge in [0.2, 0.25) is 0 Å². The summed E-state index contributed by atoms with van der Waals surface area (Å²) in [6, 6.07) is 8.60. The maximum absolute atomic E-state index is 5.26. The molecule has 4 nitrogen and oxygen atoms in total. The average molecular weight is 352 g/mol. The van der Waals surface area contributed by atoms with E-state index in [4.69, 9.17) is 4.74 Å². The quantitative estimate of drug-likeness (QED) is 0.804. The molecule has 0 saturated heterocycles. The first-order chi connectivity index (χ1) is 10.2. The highest BCUT2D eigenvalue weighted by atomic mass is 79.9. The molecular formula is C16H22BrN3O. The molecule has 0 aliphatic heterocycles. The monoisotopic (exact) mass is 351 g/mol. The predicted molar refractivity (Wildman–Crippen MR) is 89.4 cm³/mol. The molecule has 114 valence electrons. The summed E-state index contributed by atoms with van der Waals surface area (Å²) in [5.41, 5.74) is 3.24. The van der Waals surface area contributed by atoms with E-state index in [1.165, 1.54) is 0 Å². The smallest absolute Gasteiger partial charge is 0.0815 e. The number of nitrogens with one attached hydrogen (secondary N) is 1. The van der Waals surface area contributed by atoms with E-state index in [1.807, 2.05) is 23.0 Å². The van der Waals surface area contributed by atoms with Crippen molar-refractivity contribution in [2.24, 2.45) is 0 Å². The number of rotatable bonds is 7. The minimum absolute atomic E-state index is 0.439. The first-order valence-corrected chi connectivity index (χ1v) is 7.99. The number of methoxy groups -OCH3 is 1. The van der Waals surface area contributed by atoms with E-state index in [1.54, 1.807) is 7.11 Å². The van der Waals surface area contributed by atoms with Crippen molar-refractivity contribution in [2.45, 2.75) is 39.5 Å². The Morgan fingerprint density at radius 3 is 2.90 bits per heavy atom. The van der Waals surface area contributed by atoms with Gasteiger partial charge < -0.3 is 10.1 Å². The fourth-order valence-corrected chi connectivity index (χ4v) is 2.59. The van der Waals surface area contributed by atoms with E-state index >= 15 is 0 Å². The Morgan fingerprint density at radius 2 is 2.19 bits per heavy atom. The lowest BCUT2D eigenvalue weighted by Crippen LogP contribution is -2.07. The van der Waals surface area contributed by atoms with Crippen molar-refractivity contribution in [3.8, 4) is 0 Å². The van der Waals surface area contributed by atoms with Gasteiger partial charge in [-0.15, -0.1) is 0 Å². The second kappa shape index (κ2) is 7.61. The maximum atomic E-state index is 5.26. The second-order valence-corrected chi connectivity index (χ2v) is 5.95. The predicted octanol–water partition coefficient (Wildman–Crippen LogP) is 4.38. The van der Waals surface area contributed by atoms with Crippen molar-refractivity contribution in [3.05, 3.63) is 46.2 Å². The van der Waals surface area contributed by atoms with E-state index in [0.29, 0.717) is 19.2 Å². The van der Waals surface area contributed by atoms with Crippen LogP contribution < -0.4 is 5.32 Å². The number of hydrogen-bond acceptors (Lipinski definition) is 3. The average Bonchev–Trinajstić information content (AvgIpc) is 2.96. The number of halogens is 1. The molecule has 0 saturated carbocycles. The van der Waals surface area contributed by atoms with Gasteiger partial charge in [-0.25, -0.2) is 0 Å². The Labute approximate surface area is 134 Å². The van der Waals surface area contributed by atoms with Crippen molar-refractivity contribution in [2.75, 3.05) is 12.4 Å². The Balaban J connectivity index is 2.06. The first kappa shape index (κ1) is 16.0. The summed E-state index contributed by atoms with van der Waals surface area (Å²) in [5.74, 6) is 0. The third-order valence-corrected chi connectivity index (χ3v) is 4.32. The van der Waals surface area contributed by atoms with Crippen molar-refractivity contribution in [1.29, 1.82) is 0 Å². The zero-order valence-electron chi connectivity index (χ0n) is 12.8. The summed E-state index contributed by atoms with van der Waals surface area (Å²) in [6.45, 7) is 5.62. The number of ether oxygens (including phenoxy) is 1. The number of benzene rings is 1. The standard InChI is InChI=1S/C16H22BrN3O/c1-4-12(2)20-9-8-13(19-20)10-18-16-7-5-6-15(17)14(16)11-21-3/h5-9,12,18H,4,10-11H2,1-3H3. The minimum Gasteiger partial charge on any atom is -0.380 e. The van der Waals surface area contributed by atoms with Gasteiger partial charge in [-0.2, -0.15) is 5.10 Å². The van der Waals surface area contributed by atoms with Crippen molar-refractivity contribution in [1.82, 2.24) is 9.78 Å². The van der Waals surface area contributed by atoms with Gasteiger partial charge in [-0.1, -0.05) is 28.9 Å². The van der Waals surface area contributed by atoms with Crippen LogP contribution in [0.2, 0.25) is 0 Å². The van der Waals surface area contributed by atoms with Gasteiger partial charge in [-0.05, 0) is 31.5 Å². The van der Waals surface area contributed by atoms with Crippen molar-refractivity contribution < 1.29 is 4.74 Å². The number of hydrogen-bond donors (Lipinski definition) is 1. The SMILES string of the molecule is CCC(C)n1ccc(CNc2cccc(Br)c2COC)n1. The van der Waals surface area contributed by atoms with Gasteiger partial charge in [0.1, 0.15) is 0 Å². The van der Waals surface area contributed by atoms with Gasteiger partial charge in [0.25, 0.3) is 0 Å². The zero-order chi connectivity index (χ0) is 15.2. The second-order valence-electron chi connectivity index (χ2n) is 5.10. The summed E-state index contributed by atoms with van der Waals surface area (Å²) in [6.07, 6.45) is 3.13. The van der Waals surface area contributed by atoms with Crippen molar-refractivity contribution in [3.63, 3.8) is 0 Å². The first-order valence-electron chi connectivity index (χ1n) is 7.20. The van der Waals surface area contributed by atoms with E-state index in [-0.39, 0.29) is 0 Å². The lowest BCUT2D eigenvalue weighted by molar-refractivity contribution is 0.185. The summed E-state index contributed by atoms with van der Waals surface area (Å²) < 4.78 is 8.34. The van der Waals surface area contributed by atoms with Crippen LogP contribution in [0.25, 0.3) is 0 Å². The molecule has 1 atom stereocenters. The normalized spacial score (nSPS) is 12.4. The number of aromatic nitrogens is 2. The molecule has 0 spiro atoms. The zero-order valence-corrected chi connectivity index (χ0v) is 14.4. The lowest BCUT2D eigenvalue weighted by atomic mass is 10.2. The fourth-order valence-electron chi connectivity index (χ4n) is 2.11. The van der Waals surface area contributed by atoms with Crippen LogP contribution in [0.4, 0.5) is 5.69 Å². The highest BCUT2D eigenvalue weighted by Crippen LogP contribution is 2.26. The molecule has 5 heteroatoms. The molecule has 1 aromatic heterocycles. The summed E-state index contributed by atoms with van der Waals surface area (Å²) >= 11 is 3.57. The molecule has 0 aliphatic rings. The molecule has 21 heavy (non-hydrogen) atoms. The molecule has 1 unspecified atom stereocenters. The van der Waals surface area contributed by atoms with Gasteiger partial charge in [0, 0.05) is 35.1 Å². The lowest BCUT2D eigenvalue weighted by Gasteiger charge is -2.12. The molecule has 2 aromatic rings. The Hall–Kier alpha value is -1.33. The molecule has 1 aromatic carbocycles. The fraction of sp³-hybridized carbons (Fsp3) is 0.438. The van der Waals surface area contributed by atoms with E-state index in [9.17, 15) is 0 Å². The van der Waals surface area contributed by atoms with Crippen LogP contribution in [0, 0.1) is 0 Å². The van der Waals surface area contributed by atoms with E-state index < -0.39 is 0 Å². The Kier molecular flexibility index (Phi) is 5.82. The molecule has 0 bridgehead atoms. The largest absolute Gasteiger partial charge is 0.380 e. The van der Waals surface area contributed by atoms with Crippen LogP contribution in [-0.2, 0) is 17.9 Å². The van der Waals surface area contributed by atoms with E-state index in [0.717, 1.165) is 27.8 Å². The third-order valence-electron chi connectivity index (χ3n) is 3.57. The van der Waals surface area contributed by atoms with E-state index in [2.05, 4.69) is 52.3 Å². The number of nitrogens with zero attached hydrogens (tertiary/aromatic N) is 2. The highest BCUT2D eigenvalue weighted by Gasteiger charge is 2.08. The molecule has 0 radical (unpaired) electrons. The molecule has 0 aliphatic carbocycles. The van der Waals surface area contributed by atoms with Gasteiger partial charge in [-0.3, -0.25) is 4.68 Å². The molecule has 0 amide bonds. The Morgan fingerprint density at radius 1 is 1.38 bits per heavy atom. The summed E-state index contributed by atoms with van der Waals surface area (Å²) in [7, 11) is 1.71. The topological polar surface area (TPSA) is 39.1 Å². The molecule has 1 N–H and O–H groups in total. The van der Waals surface area contributed by atoms with Gasteiger partial charge in [0.05, 0.1) is 18.8 Å².